The monoisotopic (exact) mass is 909 g/mol. The largest absolute Gasteiger partial charge is 0.472 e. The number of nitrogens with zero attached hydrogens (tertiary/aromatic N) is 12. The molecule has 3 aliphatic rings. The van der Waals surface area contributed by atoms with E-state index in [1.165, 1.54) is 45.9 Å². The molecule has 62 heavy (non-hydrogen) atoms. The number of aliphatic hydroxyl groups excluding tert-OH is 4. The second kappa shape index (κ2) is 16.0. The number of nitrogens with two attached hydrogens (primary N) is 3. The summed E-state index contributed by atoms with van der Waals surface area (Å²) in [6, 6.07) is 0. The molecule has 30 nitrogen and oxygen atoms in total. The number of rotatable bonds is 13. The Morgan fingerprint density at radius 3 is 1.44 bits per heavy atom. The second-order valence-corrected chi connectivity index (χ2v) is 17.1. The lowest BCUT2D eigenvalue weighted by Crippen LogP contribution is -2.37. The van der Waals surface area contributed by atoms with E-state index in [1.807, 2.05) is 0 Å². The zero-order chi connectivity index (χ0) is 43.8. The van der Waals surface area contributed by atoms with Crippen molar-refractivity contribution >= 4 is 66.6 Å². The van der Waals surface area contributed by atoms with Gasteiger partial charge in [0.05, 0.1) is 38.3 Å². The minimum Gasteiger partial charge on any atom is -0.387 e. The van der Waals surface area contributed by atoms with E-state index >= 15 is 0 Å². The molecule has 2 unspecified atom stereocenters. The third-order valence-electron chi connectivity index (χ3n) is 10.4. The summed E-state index contributed by atoms with van der Waals surface area (Å²) in [6.45, 7) is -0.319. The Kier molecular flexibility index (Phi) is 10.9. The maximum absolute atomic E-state index is 13.5. The third kappa shape index (κ3) is 7.52. The third-order valence-corrected chi connectivity index (χ3v) is 12.4. The molecular weight excluding hydrogens is 872 g/mol. The Hall–Kier alpha value is -5.01. The minimum atomic E-state index is -5.29. The molecule has 0 aliphatic carbocycles. The maximum atomic E-state index is 13.5. The van der Waals surface area contributed by atoms with E-state index in [4.69, 9.17) is 49.5 Å². The number of hydrogen-bond acceptors (Lipinski definition) is 25. The summed E-state index contributed by atoms with van der Waals surface area (Å²) < 4.78 is 69.6. The molecule has 0 bridgehead atoms. The van der Waals surface area contributed by atoms with Gasteiger partial charge in [-0.3, -0.25) is 31.8 Å². The van der Waals surface area contributed by atoms with Crippen molar-refractivity contribution in [3.05, 3.63) is 38.0 Å². The van der Waals surface area contributed by atoms with Crippen molar-refractivity contribution in [3.8, 4) is 0 Å². The van der Waals surface area contributed by atoms with Crippen LogP contribution >= 0.6 is 15.6 Å². The van der Waals surface area contributed by atoms with E-state index < -0.39 is 102 Å². The van der Waals surface area contributed by atoms with Crippen LogP contribution in [0.1, 0.15) is 25.6 Å². The van der Waals surface area contributed by atoms with Crippen molar-refractivity contribution in [1.29, 1.82) is 0 Å². The van der Waals surface area contributed by atoms with E-state index in [2.05, 4.69) is 44.9 Å². The average Bonchev–Trinajstić information content (AvgIpc) is 4.09. The molecule has 0 aromatic carbocycles. The number of nitrogen functional groups attached to an aromatic ring is 3. The molecule has 6 aromatic heterocycles. The molecule has 14 atom stereocenters. The van der Waals surface area contributed by atoms with Gasteiger partial charge in [0.15, 0.2) is 53.1 Å². The predicted molar refractivity (Wildman–Crippen MR) is 202 cm³/mol. The van der Waals surface area contributed by atoms with Crippen LogP contribution in [-0.2, 0) is 41.4 Å². The van der Waals surface area contributed by atoms with Gasteiger partial charge in [-0.05, 0) is 6.92 Å². The van der Waals surface area contributed by atoms with Gasteiger partial charge in [0, 0.05) is 0 Å². The van der Waals surface area contributed by atoms with E-state index in [1.54, 1.807) is 0 Å². The summed E-state index contributed by atoms with van der Waals surface area (Å²) in [5.41, 5.74) is 18.6. The van der Waals surface area contributed by atoms with E-state index in [0.29, 0.717) is 0 Å². The fourth-order valence-electron chi connectivity index (χ4n) is 7.38. The van der Waals surface area contributed by atoms with Crippen molar-refractivity contribution in [2.45, 2.75) is 80.5 Å². The van der Waals surface area contributed by atoms with Gasteiger partial charge in [-0.2, -0.15) is 0 Å². The molecule has 9 heterocycles. The Morgan fingerprint density at radius 1 is 0.565 bits per heavy atom. The van der Waals surface area contributed by atoms with Crippen molar-refractivity contribution in [2.75, 3.05) is 30.4 Å². The number of ether oxygens (including phenoxy) is 3. The van der Waals surface area contributed by atoms with Crippen molar-refractivity contribution < 1.29 is 71.6 Å². The molecule has 3 aliphatic heterocycles. The zero-order valence-electron chi connectivity index (χ0n) is 31.7. The van der Waals surface area contributed by atoms with Crippen molar-refractivity contribution in [1.82, 2.24) is 58.6 Å². The quantitative estimate of drug-likeness (QED) is 0.0537. The van der Waals surface area contributed by atoms with Crippen LogP contribution in [0.25, 0.3) is 33.5 Å². The standard InChI is InChI=1S/C30H37N15O15P2/c1-10-20(18(48)29(56-10)44-8-41-14-23(32)35-5-38-26(14)44)59-61(50,51)55-3-12-21(19(49)30(58-12)45-9-42-15-24(33)36-6-39-27(15)45)60-62(52,53)54-2-11-16(46)17(47)28(57-11)43-7-40-13-22(31)34-4-37-25(13)43/h4-12,16-21,28-30,46-49H,2-3H2,1H3,(H,50,51)(H,52,53)(H2,31,34,37)(H2,32,35,38)(H2,33,36,39)/t10-,11-,12-,16-,17-,18-,19-,20-,21-,28-,29-,30-/m1/s1. The zero-order valence-corrected chi connectivity index (χ0v) is 33.4. The van der Waals surface area contributed by atoms with Gasteiger partial charge in [-0.25, -0.2) is 54.0 Å². The van der Waals surface area contributed by atoms with Gasteiger partial charge < -0.3 is 61.6 Å². The summed E-state index contributed by atoms with van der Waals surface area (Å²) in [5, 5.41) is 44.4. The summed E-state index contributed by atoms with van der Waals surface area (Å²) in [6.07, 6.45) is -10.9. The number of aromatic nitrogens is 12. The highest BCUT2D eigenvalue weighted by Crippen LogP contribution is 2.52. The predicted octanol–water partition coefficient (Wildman–Crippen LogP) is -2.59. The van der Waals surface area contributed by atoms with Gasteiger partial charge in [-0.1, -0.05) is 0 Å². The van der Waals surface area contributed by atoms with E-state index in [-0.39, 0.29) is 50.9 Å². The molecule has 0 spiro atoms. The highest BCUT2D eigenvalue weighted by molar-refractivity contribution is 7.47. The molecule has 6 aromatic rings. The lowest BCUT2D eigenvalue weighted by Gasteiger charge is -2.25. The number of phosphoric acid groups is 2. The molecule has 0 radical (unpaired) electrons. The summed E-state index contributed by atoms with van der Waals surface area (Å²) in [4.78, 5) is 58.2. The van der Waals surface area contributed by atoms with Crippen LogP contribution in [0.2, 0.25) is 0 Å². The van der Waals surface area contributed by atoms with Crippen LogP contribution in [0.3, 0.4) is 0 Å². The van der Waals surface area contributed by atoms with Crippen molar-refractivity contribution in [3.63, 3.8) is 0 Å². The van der Waals surface area contributed by atoms with Crippen molar-refractivity contribution in [2.24, 2.45) is 0 Å². The SMILES string of the molecule is C[C@H]1O[C@@H](n2cnc3c(N)ncnc32)[C@H](O)[C@@H]1OP(=O)(O)OC[C@H]1O[C@@H](n2cnc3c(N)ncnc32)[C@H](O)[C@@H]1OP(=O)(O)OC[C@H]1O[C@@H](n2cnc3c(N)ncnc32)[C@H](O)[C@@H]1O. The fourth-order valence-corrected chi connectivity index (χ4v) is 9.34. The smallest absolute Gasteiger partial charge is 0.387 e. The average molecular weight is 910 g/mol. The number of anilines is 3. The topological polar surface area (TPSA) is 429 Å². The number of fused-ring (bicyclic) bond motifs is 3. The molecular formula is C30H37N15O15P2. The molecule has 32 heteroatoms. The molecule has 3 fully saturated rings. The normalized spacial score (nSPS) is 32.2. The lowest BCUT2D eigenvalue weighted by atomic mass is 10.1. The van der Waals surface area contributed by atoms with Crippen LogP contribution in [0, 0.1) is 0 Å². The van der Waals surface area contributed by atoms with Crippen LogP contribution in [0.15, 0.2) is 38.0 Å². The van der Waals surface area contributed by atoms with E-state index in [9.17, 15) is 39.3 Å². The number of imidazole rings is 3. The fraction of sp³-hybridized carbons (Fsp3) is 0.500. The summed E-state index contributed by atoms with van der Waals surface area (Å²) in [5.74, 6) is 0.0983. The highest BCUT2D eigenvalue weighted by Gasteiger charge is 2.52. The Balaban J connectivity index is 0.903. The first kappa shape index (κ1) is 42.3. The van der Waals surface area contributed by atoms with Crippen LogP contribution in [0.5, 0.6) is 0 Å². The van der Waals surface area contributed by atoms with Gasteiger partial charge in [0.25, 0.3) is 0 Å². The first-order chi connectivity index (χ1) is 29.5. The van der Waals surface area contributed by atoms with Gasteiger partial charge in [-0.15, -0.1) is 0 Å². The molecule has 12 N–H and O–H groups in total. The highest BCUT2D eigenvalue weighted by atomic mass is 31.2. The van der Waals surface area contributed by atoms with Crippen LogP contribution in [0.4, 0.5) is 17.5 Å². The number of aliphatic hydroxyl groups is 4. The first-order valence-corrected chi connectivity index (χ1v) is 21.3. The number of hydrogen-bond donors (Lipinski definition) is 9. The summed E-state index contributed by atoms with van der Waals surface area (Å²) >= 11 is 0. The second-order valence-electron chi connectivity index (χ2n) is 14.2. The van der Waals surface area contributed by atoms with Gasteiger partial charge in [0.2, 0.25) is 0 Å². The first-order valence-electron chi connectivity index (χ1n) is 18.3. The molecule has 0 amide bonds. The van der Waals surface area contributed by atoms with E-state index in [0.717, 1.165) is 12.7 Å². The lowest BCUT2D eigenvalue weighted by molar-refractivity contribution is -0.0603. The number of phosphoric ester groups is 2. The molecule has 9 rings (SSSR count). The minimum absolute atomic E-state index is 0.0176. The van der Waals surface area contributed by atoms with Gasteiger partial charge >= 0.3 is 15.6 Å². The summed E-state index contributed by atoms with van der Waals surface area (Å²) in [7, 11) is -10.5. The van der Waals surface area contributed by atoms with Crippen LogP contribution in [-0.4, -0.2) is 157 Å². The maximum Gasteiger partial charge on any atom is 0.472 e. The Labute approximate surface area is 345 Å². The van der Waals surface area contributed by atoms with Crippen LogP contribution < -0.4 is 17.2 Å². The molecule has 0 saturated carbocycles. The molecule has 332 valence electrons. The Morgan fingerprint density at radius 2 is 0.952 bits per heavy atom. The molecule has 3 saturated heterocycles. The van der Waals surface area contributed by atoms with Gasteiger partial charge in [0.1, 0.15) is 84.4 Å². The Bertz CT molecular complexity index is 2730.